The van der Waals surface area contributed by atoms with E-state index in [1.807, 2.05) is 0 Å². The summed E-state index contributed by atoms with van der Waals surface area (Å²) >= 11 is 0. The molecule has 2 unspecified atom stereocenters. The van der Waals surface area contributed by atoms with Crippen LogP contribution in [-0.4, -0.2) is 23.3 Å². The molecule has 1 aliphatic carbocycles. The lowest BCUT2D eigenvalue weighted by Crippen LogP contribution is -2.35. The Balaban J connectivity index is 1.79. The van der Waals surface area contributed by atoms with Gasteiger partial charge in [-0.2, -0.15) is 13.2 Å². The van der Waals surface area contributed by atoms with Gasteiger partial charge in [-0.3, -0.25) is 25.0 Å². The molecule has 27 heavy (non-hydrogen) atoms. The van der Waals surface area contributed by atoms with E-state index in [1.165, 1.54) is 0 Å². The number of allylic oxidation sites excluding steroid dienone is 2. The average molecular weight is 382 g/mol. The van der Waals surface area contributed by atoms with Crippen LogP contribution in [0.1, 0.15) is 12.0 Å². The van der Waals surface area contributed by atoms with Crippen molar-refractivity contribution in [1.29, 1.82) is 0 Å². The molecule has 142 valence electrons. The van der Waals surface area contributed by atoms with E-state index in [9.17, 15) is 32.9 Å². The van der Waals surface area contributed by atoms with E-state index in [2.05, 4.69) is 5.32 Å². The largest absolute Gasteiger partial charge is 0.493 e. The van der Waals surface area contributed by atoms with E-state index < -0.39 is 45.5 Å². The molecule has 1 heterocycles. The molecule has 0 aromatic heterocycles. The number of rotatable bonds is 5. The molecule has 1 N–H and O–H groups in total. The van der Waals surface area contributed by atoms with Crippen LogP contribution in [0.15, 0.2) is 42.5 Å². The van der Waals surface area contributed by atoms with Crippen molar-refractivity contribution in [3.05, 3.63) is 58.2 Å². The first kappa shape index (κ1) is 18.6. The maximum absolute atomic E-state index is 12.9. The molecule has 2 amide bonds. The van der Waals surface area contributed by atoms with Crippen LogP contribution in [0.3, 0.4) is 0 Å². The van der Waals surface area contributed by atoms with Crippen molar-refractivity contribution < 1.29 is 32.4 Å². The van der Waals surface area contributed by atoms with Crippen LogP contribution >= 0.6 is 0 Å². The van der Waals surface area contributed by atoms with Gasteiger partial charge in [-0.1, -0.05) is 24.3 Å². The first-order valence-corrected chi connectivity index (χ1v) is 7.84. The number of carbonyl (C=O) groups excluding carboxylic acids is 2. The average Bonchev–Trinajstić information content (AvgIpc) is 2.85. The number of nitro benzene ring substituents is 1. The van der Waals surface area contributed by atoms with Gasteiger partial charge in [0.25, 0.3) is 5.69 Å². The fourth-order valence-corrected chi connectivity index (χ4v) is 3.15. The maximum Gasteiger partial charge on any atom is 0.416 e. The first-order chi connectivity index (χ1) is 12.6. The molecule has 1 aromatic carbocycles. The van der Waals surface area contributed by atoms with Crippen molar-refractivity contribution in [1.82, 2.24) is 5.32 Å². The summed E-state index contributed by atoms with van der Waals surface area (Å²) in [5, 5.41) is 13.1. The monoisotopic (exact) mass is 382 g/mol. The number of hydrogen-bond acceptors (Lipinski definition) is 5. The number of benzene rings is 1. The zero-order chi connectivity index (χ0) is 19.8. The van der Waals surface area contributed by atoms with Gasteiger partial charge < -0.3 is 4.74 Å². The highest BCUT2D eigenvalue weighted by atomic mass is 19.4. The van der Waals surface area contributed by atoms with Gasteiger partial charge in [-0.05, 0) is 6.07 Å². The Kier molecular flexibility index (Phi) is 4.50. The summed E-state index contributed by atoms with van der Waals surface area (Å²) in [5.41, 5.74) is -3.15. The van der Waals surface area contributed by atoms with Crippen molar-refractivity contribution in [2.24, 2.45) is 11.3 Å². The first-order valence-electron chi connectivity index (χ1n) is 7.84. The quantitative estimate of drug-likeness (QED) is 0.480. The fraction of sp³-hybridized carbons (Fsp3) is 0.294. The van der Waals surface area contributed by atoms with Crippen LogP contribution < -0.4 is 10.1 Å². The minimum atomic E-state index is -4.78. The number of non-ortho nitro benzene ring substituents is 1. The summed E-state index contributed by atoms with van der Waals surface area (Å²) in [5.74, 6) is -2.05. The minimum Gasteiger partial charge on any atom is -0.493 e. The summed E-state index contributed by atoms with van der Waals surface area (Å²) in [4.78, 5) is 34.0. The van der Waals surface area contributed by atoms with Gasteiger partial charge in [0.1, 0.15) is 5.75 Å². The van der Waals surface area contributed by atoms with E-state index in [0.29, 0.717) is 12.1 Å². The highest BCUT2D eigenvalue weighted by Crippen LogP contribution is 2.42. The molecule has 1 aromatic rings. The van der Waals surface area contributed by atoms with E-state index >= 15 is 0 Å². The molecule has 1 saturated heterocycles. The number of nitrogens with zero attached hydrogens (tertiary/aromatic N) is 1. The predicted octanol–water partition coefficient (Wildman–Crippen LogP) is 2.77. The molecule has 1 fully saturated rings. The van der Waals surface area contributed by atoms with Gasteiger partial charge in [-0.25, -0.2) is 0 Å². The molecule has 0 spiro atoms. The molecule has 0 saturated carbocycles. The molecule has 2 atom stereocenters. The third-order valence-corrected chi connectivity index (χ3v) is 4.52. The number of amides is 2. The lowest BCUT2D eigenvalue weighted by atomic mass is 9.72. The Bertz CT molecular complexity index is 878. The second kappa shape index (κ2) is 6.53. The van der Waals surface area contributed by atoms with Crippen LogP contribution in [0.2, 0.25) is 0 Å². The highest BCUT2D eigenvalue weighted by Gasteiger charge is 2.52. The fourth-order valence-electron chi connectivity index (χ4n) is 3.15. The van der Waals surface area contributed by atoms with E-state index in [1.54, 1.807) is 24.3 Å². The van der Waals surface area contributed by atoms with Crippen LogP contribution in [0, 0.1) is 21.4 Å². The number of halogens is 3. The zero-order valence-electron chi connectivity index (χ0n) is 13.7. The standard InChI is InChI=1S/C17H13F3N2O5/c18-17(19,20)10-7-11(22(25)26)9-12(8-10)27-6-5-16-4-2-1-3-13(16)14(23)21-15(16)24/h1-4,7-9,13H,5-6H2,(H,21,23,24). The third-order valence-electron chi connectivity index (χ3n) is 4.52. The molecular formula is C17H13F3N2O5. The predicted molar refractivity (Wildman–Crippen MR) is 85.6 cm³/mol. The van der Waals surface area contributed by atoms with Crippen molar-refractivity contribution in [2.45, 2.75) is 12.6 Å². The number of alkyl halides is 3. The van der Waals surface area contributed by atoms with Gasteiger partial charge in [0.2, 0.25) is 11.8 Å². The topological polar surface area (TPSA) is 98.5 Å². The smallest absolute Gasteiger partial charge is 0.416 e. The van der Waals surface area contributed by atoms with Gasteiger partial charge in [-0.15, -0.1) is 0 Å². The van der Waals surface area contributed by atoms with Crippen LogP contribution in [0.4, 0.5) is 18.9 Å². The number of hydrogen-bond donors (Lipinski definition) is 1. The third kappa shape index (κ3) is 3.42. The number of imide groups is 1. The van der Waals surface area contributed by atoms with Crippen molar-refractivity contribution in [3.8, 4) is 5.75 Å². The van der Waals surface area contributed by atoms with E-state index in [4.69, 9.17) is 4.74 Å². The van der Waals surface area contributed by atoms with Crippen molar-refractivity contribution in [3.63, 3.8) is 0 Å². The summed E-state index contributed by atoms with van der Waals surface area (Å²) < 4.78 is 44.0. The Hall–Kier alpha value is -3.17. The number of nitrogens with one attached hydrogen (secondary N) is 1. The van der Waals surface area contributed by atoms with Crippen LogP contribution in [-0.2, 0) is 15.8 Å². The minimum absolute atomic E-state index is 0.0140. The number of carbonyl (C=O) groups is 2. The molecule has 1 aliphatic heterocycles. The van der Waals surface area contributed by atoms with Crippen molar-refractivity contribution in [2.75, 3.05) is 6.61 Å². The maximum atomic E-state index is 12.9. The molecule has 2 aliphatic rings. The van der Waals surface area contributed by atoms with Gasteiger partial charge in [0, 0.05) is 12.5 Å². The lowest BCUT2D eigenvalue weighted by molar-refractivity contribution is -0.385. The Morgan fingerprint density at radius 3 is 2.63 bits per heavy atom. The summed E-state index contributed by atoms with van der Waals surface area (Å²) in [6.45, 7) is -0.214. The molecule has 0 bridgehead atoms. The summed E-state index contributed by atoms with van der Waals surface area (Å²) in [6.07, 6.45) is 1.58. The van der Waals surface area contributed by atoms with Gasteiger partial charge >= 0.3 is 6.18 Å². The summed E-state index contributed by atoms with van der Waals surface area (Å²) in [6, 6.07) is 1.94. The Labute approximate surface area is 150 Å². The Morgan fingerprint density at radius 1 is 1.22 bits per heavy atom. The molecule has 0 radical (unpaired) electrons. The van der Waals surface area contributed by atoms with Crippen molar-refractivity contribution >= 4 is 17.5 Å². The second-order valence-corrected chi connectivity index (χ2v) is 6.15. The highest BCUT2D eigenvalue weighted by molar-refractivity contribution is 6.09. The number of nitro groups is 1. The molecule has 10 heteroatoms. The van der Waals surface area contributed by atoms with Crippen LogP contribution in [0.25, 0.3) is 0 Å². The van der Waals surface area contributed by atoms with Gasteiger partial charge in [0.05, 0.1) is 34.5 Å². The summed E-state index contributed by atoms with van der Waals surface area (Å²) in [7, 11) is 0. The Morgan fingerprint density at radius 2 is 1.96 bits per heavy atom. The molecule has 7 nitrogen and oxygen atoms in total. The molecule has 3 rings (SSSR count). The SMILES string of the molecule is O=C1NC(=O)C2(CCOc3cc([N+](=O)[O-])cc(C(F)(F)F)c3)C=CC=CC12. The second-order valence-electron chi connectivity index (χ2n) is 6.15. The van der Waals surface area contributed by atoms with E-state index in [0.717, 1.165) is 6.07 Å². The lowest BCUT2D eigenvalue weighted by Gasteiger charge is -2.28. The van der Waals surface area contributed by atoms with Crippen LogP contribution in [0.5, 0.6) is 5.75 Å². The number of ether oxygens (including phenoxy) is 1. The normalized spacial score (nSPS) is 23.9. The zero-order valence-corrected chi connectivity index (χ0v) is 13.7. The van der Waals surface area contributed by atoms with Gasteiger partial charge in [0.15, 0.2) is 0 Å². The van der Waals surface area contributed by atoms with E-state index in [-0.39, 0.29) is 18.8 Å². The number of fused-ring (bicyclic) bond motifs is 1. The molecular weight excluding hydrogens is 369 g/mol.